The van der Waals surface area contributed by atoms with Crippen molar-refractivity contribution in [1.29, 1.82) is 0 Å². The zero-order valence-corrected chi connectivity index (χ0v) is 19.1. The molecule has 0 fully saturated rings. The predicted molar refractivity (Wildman–Crippen MR) is 133 cm³/mol. The molecular formula is C29H28N2O. The number of benzene rings is 3. The number of pyridine rings is 1. The molecule has 0 aliphatic carbocycles. The molecule has 160 valence electrons. The smallest absolute Gasteiger partial charge is 0.137 e. The van der Waals surface area contributed by atoms with Crippen molar-refractivity contribution in [3.8, 4) is 11.6 Å². The van der Waals surface area contributed by atoms with Crippen molar-refractivity contribution in [2.75, 3.05) is 7.11 Å². The van der Waals surface area contributed by atoms with E-state index in [-0.39, 0.29) is 5.41 Å². The van der Waals surface area contributed by atoms with E-state index in [1.165, 1.54) is 38.5 Å². The monoisotopic (exact) mass is 420 g/mol. The highest BCUT2D eigenvalue weighted by Gasteiger charge is 2.17. The number of nitrogens with zero attached hydrogens (tertiary/aromatic N) is 2. The molecule has 0 unspecified atom stereocenters. The van der Waals surface area contributed by atoms with Gasteiger partial charge in [0.25, 0.3) is 0 Å². The fourth-order valence-electron chi connectivity index (χ4n) is 4.40. The van der Waals surface area contributed by atoms with Gasteiger partial charge in [-0.25, -0.2) is 4.98 Å². The Hall–Kier alpha value is -3.59. The first kappa shape index (κ1) is 20.3. The summed E-state index contributed by atoms with van der Waals surface area (Å²) in [6, 6.07) is 28.0. The van der Waals surface area contributed by atoms with Crippen LogP contribution in [0.4, 0.5) is 0 Å². The summed E-state index contributed by atoms with van der Waals surface area (Å²) in [4.78, 5) is 4.78. The van der Waals surface area contributed by atoms with Crippen LogP contribution in [0.3, 0.4) is 0 Å². The first-order chi connectivity index (χ1) is 15.4. The van der Waals surface area contributed by atoms with Gasteiger partial charge in [0.2, 0.25) is 0 Å². The number of aromatic nitrogens is 2. The Morgan fingerprint density at radius 3 is 2.38 bits per heavy atom. The third-order valence-corrected chi connectivity index (χ3v) is 6.12. The van der Waals surface area contributed by atoms with Crippen LogP contribution in [0.15, 0.2) is 85.1 Å². The Bertz CT molecular complexity index is 1420. The second-order valence-electron chi connectivity index (χ2n) is 9.39. The van der Waals surface area contributed by atoms with E-state index in [2.05, 4.69) is 92.1 Å². The number of para-hydroxylation sites is 1. The van der Waals surface area contributed by atoms with Crippen LogP contribution in [-0.2, 0) is 11.8 Å². The molecule has 2 aromatic heterocycles. The molecule has 0 aliphatic rings. The summed E-state index contributed by atoms with van der Waals surface area (Å²) >= 11 is 0. The standard InChI is InChI=1S/C29H28N2O/c1-29(2,3)22-14-15-30-28(19-22)31-26-11-6-5-10-24(26)25-13-12-21(18-27(25)31)16-20-8-7-9-23(17-20)32-4/h5-15,17-19H,16H2,1-4H3. The van der Waals surface area contributed by atoms with Crippen LogP contribution >= 0.6 is 0 Å². The fraction of sp³-hybridized carbons (Fsp3) is 0.207. The van der Waals surface area contributed by atoms with Crippen LogP contribution in [0.5, 0.6) is 5.75 Å². The predicted octanol–water partition coefficient (Wildman–Crippen LogP) is 7.08. The largest absolute Gasteiger partial charge is 0.497 e. The van der Waals surface area contributed by atoms with E-state index in [4.69, 9.17) is 9.72 Å². The van der Waals surface area contributed by atoms with Crippen LogP contribution in [0, 0.1) is 0 Å². The minimum Gasteiger partial charge on any atom is -0.497 e. The highest BCUT2D eigenvalue weighted by atomic mass is 16.5. The van der Waals surface area contributed by atoms with Crippen molar-refractivity contribution in [2.45, 2.75) is 32.6 Å². The summed E-state index contributed by atoms with van der Waals surface area (Å²) in [5, 5.41) is 2.50. The van der Waals surface area contributed by atoms with E-state index in [0.717, 1.165) is 18.0 Å². The molecule has 0 spiro atoms. The van der Waals surface area contributed by atoms with Gasteiger partial charge in [0.05, 0.1) is 18.1 Å². The third-order valence-electron chi connectivity index (χ3n) is 6.12. The van der Waals surface area contributed by atoms with Crippen molar-refractivity contribution in [2.24, 2.45) is 0 Å². The van der Waals surface area contributed by atoms with Gasteiger partial charge < -0.3 is 4.74 Å². The van der Waals surface area contributed by atoms with Gasteiger partial charge in [-0.3, -0.25) is 4.57 Å². The Morgan fingerprint density at radius 1 is 0.781 bits per heavy atom. The van der Waals surface area contributed by atoms with Crippen molar-refractivity contribution in [3.63, 3.8) is 0 Å². The fourth-order valence-corrected chi connectivity index (χ4v) is 4.40. The number of rotatable bonds is 4. The van der Waals surface area contributed by atoms with Gasteiger partial charge in [-0.2, -0.15) is 0 Å². The lowest BCUT2D eigenvalue weighted by atomic mass is 9.88. The van der Waals surface area contributed by atoms with Crippen LogP contribution in [0.1, 0.15) is 37.5 Å². The van der Waals surface area contributed by atoms with E-state index in [0.29, 0.717) is 0 Å². The molecule has 5 rings (SSSR count). The Balaban J connectivity index is 1.70. The lowest BCUT2D eigenvalue weighted by Crippen LogP contribution is -2.12. The quantitative estimate of drug-likeness (QED) is 0.311. The van der Waals surface area contributed by atoms with Gasteiger partial charge in [0.1, 0.15) is 11.6 Å². The summed E-state index contributed by atoms with van der Waals surface area (Å²) in [6.07, 6.45) is 2.78. The molecule has 2 heterocycles. The Kier molecular flexibility index (Phi) is 4.97. The lowest BCUT2D eigenvalue weighted by Gasteiger charge is -2.20. The van der Waals surface area contributed by atoms with E-state index < -0.39 is 0 Å². The van der Waals surface area contributed by atoms with E-state index >= 15 is 0 Å². The second kappa shape index (κ2) is 7.83. The molecule has 0 saturated heterocycles. The summed E-state index contributed by atoms with van der Waals surface area (Å²) < 4.78 is 7.71. The maximum absolute atomic E-state index is 5.41. The molecule has 3 heteroatoms. The maximum Gasteiger partial charge on any atom is 0.137 e. The molecule has 0 amide bonds. The number of hydrogen-bond donors (Lipinski definition) is 0. The molecule has 5 aromatic rings. The maximum atomic E-state index is 5.41. The van der Waals surface area contributed by atoms with Gasteiger partial charge in [0, 0.05) is 17.0 Å². The van der Waals surface area contributed by atoms with Gasteiger partial charge in [0.15, 0.2) is 0 Å². The van der Waals surface area contributed by atoms with Crippen molar-refractivity contribution in [3.05, 3.63) is 102 Å². The molecule has 0 atom stereocenters. The Labute approximate surface area is 189 Å². The van der Waals surface area contributed by atoms with Crippen LogP contribution in [-0.4, -0.2) is 16.7 Å². The number of fused-ring (bicyclic) bond motifs is 3. The van der Waals surface area contributed by atoms with Crippen LogP contribution in [0.2, 0.25) is 0 Å². The summed E-state index contributed by atoms with van der Waals surface area (Å²) in [7, 11) is 1.71. The third kappa shape index (κ3) is 3.64. The summed E-state index contributed by atoms with van der Waals surface area (Å²) in [6.45, 7) is 6.72. The van der Waals surface area contributed by atoms with Crippen molar-refractivity contribution < 1.29 is 4.74 Å². The molecular weight excluding hydrogens is 392 g/mol. The van der Waals surface area contributed by atoms with E-state index in [1.807, 2.05) is 18.3 Å². The SMILES string of the molecule is COc1cccc(Cc2ccc3c4ccccc4n(-c4cc(C(C)(C)C)ccn4)c3c2)c1. The van der Waals surface area contributed by atoms with Crippen LogP contribution < -0.4 is 4.74 Å². The first-order valence-corrected chi connectivity index (χ1v) is 11.1. The minimum absolute atomic E-state index is 0.0635. The molecule has 3 aromatic carbocycles. The average molecular weight is 421 g/mol. The highest BCUT2D eigenvalue weighted by molar-refractivity contribution is 6.09. The second-order valence-corrected chi connectivity index (χ2v) is 9.39. The number of ether oxygens (including phenoxy) is 1. The van der Waals surface area contributed by atoms with Crippen molar-refractivity contribution >= 4 is 21.8 Å². The molecule has 32 heavy (non-hydrogen) atoms. The molecule has 0 saturated carbocycles. The normalized spacial score (nSPS) is 11.9. The molecule has 0 bridgehead atoms. The molecule has 3 nitrogen and oxygen atoms in total. The zero-order valence-electron chi connectivity index (χ0n) is 19.1. The molecule has 0 aliphatic heterocycles. The van der Waals surface area contributed by atoms with E-state index in [9.17, 15) is 0 Å². The highest BCUT2D eigenvalue weighted by Crippen LogP contribution is 2.33. The number of hydrogen-bond acceptors (Lipinski definition) is 2. The topological polar surface area (TPSA) is 27.1 Å². The van der Waals surface area contributed by atoms with Crippen molar-refractivity contribution in [1.82, 2.24) is 9.55 Å². The lowest BCUT2D eigenvalue weighted by molar-refractivity contribution is 0.414. The van der Waals surface area contributed by atoms with E-state index in [1.54, 1.807) is 7.11 Å². The molecule has 0 N–H and O–H groups in total. The molecule has 0 radical (unpaired) electrons. The van der Waals surface area contributed by atoms with Gasteiger partial charge >= 0.3 is 0 Å². The number of methoxy groups -OCH3 is 1. The van der Waals surface area contributed by atoms with Gasteiger partial charge in [-0.15, -0.1) is 0 Å². The Morgan fingerprint density at radius 2 is 1.56 bits per heavy atom. The first-order valence-electron chi connectivity index (χ1n) is 11.1. The van der Waals surface area contributed by atoms with Gasteiger partial charge in [-0.1, -0.05) is 63.2 Å². The van der Waals surface area contributed by atoms with Gasteiger partial charge in [-0.05, 0) is 64.9 Å². The van der Waals surface area contributed by atoms with Crippen LogP contribution in [0.25, 0.3) is 27.6 Å². The minimum atomic E-state index is 0.0635. The summed E-state index contributed by atoms with van der Waals surface area (Å²) in [5.74, 6) is 1.85. The summed E-state index contributed by atoms with van der Waals surface area (Å²) in [5.41, 5.74) is 6.21. The average Bonchev–Trinajstić information content (AvgIpc) is 3.12. The zero-order chi connectivity index (χ0) is 22.3.